The Morgan fingerprint density at radius 3 is 2.49 bits per heavy atom. The number of carbonyl (C=O) groups excluding carboxylic acids is 1. The maximum atomic E-state index is 13.1. The van der Waals surface area contributed by atoms with Crippen molar-refractivity contribution in [2.45, 2.75) is 26.2 Å². The van der Waals surface area contributed by atoms with Gasteiger partial charge >= 0.3 is 11.4 Å². The number of hydrogen-bond acceptors (Lipinski definition) is 9. The van der Waals surface area contributed by atoms with E-state index < -0.39 is 23.5 Å². The van der Waals surface area contributed by atoms with Crippen LogP contribution in [0.3, 0.4) is 0 Å². The van der Waals surface area contributed by atoms with Gasteiger partial charge in [0.05, 0.1) is 24.9 Å². The smallest absolute Gasteiger partial charge is 0.353 e. The number of amides is 1. The van der Waals surface area contributed by atoms with Crippen LogP contribution in [0.25, 0.3) is 0 Å². The average molecular weight is 553 g/mol. The van der Waals surface area contributed by atoms with Gasteiger partial charge in [-0.2, -0.15) is 4.68 Å². The van der Waals surface area contributed by atoms with Crippen molar-refractivity contribution in [1.29, 1.82) is 0 Å². The molecule has 0 aliphatic carbocycles. The Hall–Kier alpha value is -4.75. The van der Waals surface area contributed by atoms with E-state index in [9.17, 15) is 19.3 Å². The van der Waals surface area contributed by atoms with Crippen molar-refractivity contribution in [3.05, 3.63) is 115 Å². The zero-order valence-corrected chi connectivity index (χ0v) is 21.5. The largest absolute Gasteiger partial charge is 0.458 e. The number of hydrogen-bond donors (Lipinski definition) is 3. The summed E-state index contributed by atoms with van der Waals surface area (Å²) in [6.45, 7) is 1.72. The first-order valence-corrected chi connectivity index (χ1v) is 12.2. The summed E-state index contributed by atoms with van der Waals surface area (Å²) in [5.74, 6) is 6.24. The van der Waals surface area contributed by atoms with E-state index in [1.807, 2.05) is 0 Å². The monoisotopic (exact) mass is 552 g/mol. The summed E-state index contributed by atoms with van der Waals surface area (Å²) in [6, 6.07) is 13.6. The highest BCUT2D eigenvalue weighted by Gasteiger charge is 2.14. The molecule has 0 saturated heterocycles. The third-order valence-corrected chi connectivity index (χ3v) is 5.91. The Morgan fingerprint density at radius 1 is 1.10 bits per heavy atom. The Kier molecular flexibility index (Phi) is 8.53. The lowest BCUT2D eigenvalue weighted by atomic mass is 10.2. The van der Waals surface area contributed by atoms with Gasteiger partial charge in [-0.25, -0.2) is 19.1 Å². The lowest BCUT2D eigenvalue weighted by Gasteiger charge is -2.19. The molecule has 4 rings (SSSR count). The highest BCUT2D eigenvalue weighted by Crippen LogP contribution is 2.20. The van der Waals surface area contributed by atoms with E-state index in [4.69, 9.17) is 22.2 Å². The van der Waals surface area contributed by atoms with Crippen LogP contribution in [0.2, 0.25) is 5.02 Å². The van der Waals surface area contributed by atoms with Crippen LogP contribution < -0.4 is 38.2 Å². The fourth-order valence-electron chi connectivity index (χ4n) is 3.71. The molecule has 39 heavy (non-hydrogen) atoms. The highest BCUT2D eigenvalue weighted by atomic mass is 35.5. The third-order valence-electron chi connectivity index (χ3n) is 5.66. The molecule has 14 heteroatoms. The zero-order valence-electron chi connectivity index (χ0n) is 20.8. The van der Waals surface area contributed by atoms with E-state index in [0.717, 1.165) is 14.8 Å². The summed E-state index contributed by atoms with van der Waals surface area (Å²) >= 11 is 5.98. The first kappa shape index (κ1) is 27.3. The third kappa shape index (κ3) is 6.58. The van der Waals surface area contributed by atoms with Crippen LogP contribution in [0.15, 0.2) is 92.4 Å². The molecule has 0 bridgehead atoms. The number of nitrogens with two attached hydrogens (primary N) is 1. The molecule has 3 aromatic rings. The van der Waals surface area contributed by atoms with E-state index >= 15 is 0 Å². The first-order valence-electron chi connectivity index (χ1n) is 11.8. The SMILES string of the molecule is CCn1c(=O)n(N)/c(=N\c2ccc(OC3=CC(NCC(=O)N=O)NC=C3)cc2)n(Cc2ccc(Cl)cc2)c1=O. The number of benzene rings is 2. The van der Waals surface area contributed by atoms with Crippen LogP contribution in [0.5, 0.6) is 5.75 Å². The molecule has 13 nitrogen and oxygen atoms in total. The summed E-state index contributed by atoms with van der Waals surface area (Å²) in [6.07, 6.45) is 4.57. The first-order chi connectivity index (χ1) is 18.8. The zero-order chi connectivity index (χ0) is 27.9. The molecule has 1 aliphatic heterocycles. The number of nitroso groups, excluding NO2 is 1. The molecule has 1 unspecified atom stereocenters. The number of nitrogens with one attached hydrogen (secondary N) is 2. The van der Waals surface area contributed by atoms with Crippen LogP contribution in [0, 0.1) is 4.91 Å². The van der Waals surface area contributed by atoms with Crippen LogP contribution in [0.1, 0.15) is 12.5 Å². The molecule has 202 valence electrons. The van der Waals surface area contributed by atoms with Crippen molar-refractivity contribution < 1.29 is 9.53 Å². The molecule has 0 spiro atoms. The van der Waals surface area contributed by atoms with Crippen LogP contribution in [-0.4, -0.2) is 32.4 Å². The molecule has 2 heterocycles. The summed E-state index contributed by atoms with van der Waals surface area (Å²) in [4.78, 5) is 51.7. The van der Waals surface area contributed by atoms with Crippen molar-refractivity contribution in [2.24, 2.45) is 10.2 Å². The molecule has 4 N–H and O–H groups in total. The molecular weight excluding hydrogens is 528 g/mol. The lowest BCUT2D eigenvalue weighted by Crippen LogP contribution is -2.57. The second kappa shape index (κ2) is 12.2. The molecule has 1 aliphatic rings. The number of dihydropyridines is 1. The Morgan fingerprint density at radius 2 is 1.82 bits per heavy atom. The van der Waals surface area contributed by atoms with E-state index in [1.165, 1.54) is 4.57 Å². The molecule has 0 fully saturated rings. The summed E-state index contributed by atoms with van der Waals surface area (Å²) < 4.78 is 9.05. The van der Waals surface area contributed by atoms with E-state index in [2.05, 4.69) is 20.8 Å². The van der Waals surface area contributed by atoms with Crippen molar-refractivity contribution in [3.63, 3.8) is 0 Å². The summed E-state index contributed by atoms with van der Waals surface area (Å²) in [5.41, 5.74) is -0.0709. The van der Waals surface area contributed by atoms with Gasteiger partial charge in [0, 0.05) is 22.9 Å². The number of nitrogen functional groups attached to an aromatic ring is 1. The van der Waals surface area contributed by atoms with Gasteiger partial charge in [0.15, 0.2) is 0 Å². The molecule has 0 saturated carbocycles. The van der Waals surface area contributed by atoms with Crippen molar-refractivity contribution in [3.8, 4) is 5.75 Å². The van der Waals surface area contributed by atoms with Gasteiger partial charge in [-0.3, -0.25) is 14.7 Å². The topological polar surface area (TPSA) is 167 Å². The molecule has 1 amide bonds. The van der Waals surface area contributed by atoms with Crippen molar-refractivity contribution >= 4 is 23.2 Å². The molecule has 1 atom stereocenters. The van der Waals surface area contributed by atoms with E-state index in [1.54, 1.807) is 73.8 Å². The number of allylic oxidation sites excluding steroid dienone is 1. The van der Waals surface area contributed by atoms with Gasteiger partial charge in [-0.1, -0.05) is 23.7 Å². The molecule has 1 aromatic heterocycles. The molecule has 2 aromatic carbocycles. The fraction of sp³-hybridized carbons (Fsp3) is 0.200. The minimum atomic E-state index is -0.814. The van der Waals surface area contributed by atoms with E-state index in [-0.39, 0.29) is 25.3 Å². The van der Waals surface area contributed by atoms with Crippen LogP contribution >= 0.6 is 11.6 Å². The standard InChI is InChI=1S/C25H25ClN8O5/c1-2-32-24(36)33(15-16-3-5-17(26)6-4-16)23(34(27)25(32)37)30-18-7-9-19(10-8-18)39-20-11-12-28-21(13-20)29-14-22(35)31-38/h3-13,21,28-29H,2,14-15,27H2,1H3/b30-23-. The van der Waals surface area contributed by atoms with Crippen LogP contribution in [-0.2, 0) is 17.9 Å². The fourth-order valence-corrected chi connectivity index (χ4v) is 3.84. The van der Waals surface area contributed by atoms with Crippen molar-refractivity contribution in [2.75, 3.05) is 12.4 Å². The number of nitrogens with zero attached hydrogens (tertiary/aromatic N) is 5. The number of rotatable bonds is 9. The van der Waals surface area contributed by atoms with Crippen LogP contribution in [0.4, 0.5) is 5.69 Å². The predicted molar refractivity (Wildman–Crippen MR) is 145 cm³/mol. The summed E-state index contributed by atoms with van der Waals surface area (Å²) in [7, 11) is 0. The minimum Gasteiger partial charge on any atom is -0.458 e. The minimum absolute atomic E-state index is 0.0319. The second-order valence-electron chi connectivity index (χ2n) is 8.31. The highest BCUT2D eigenvalue weighted by molar-refractivity contribution is 6.30. The number of halogens is 1. The summed E-state index contributed by atoms with van der Waals surface area (Å²) in [5, 5.41) is 8.68. The maximum Gasteiger partial charge on any atom is 0.353 e. The van der Waals surface area contributed by atoms with Gasteiger partial charge in [-0.15, -0.1) is 4.91 Å². The average Bonchev–Trinajstić information content (AvgIpc) is 2.95. The maximum absolute atomic E-state index is 13.1. The normalized spacial score (nSPS) is 15.0. The predicted octanol–water partition coefficient (Wildman–Crippen LogP) is 1.07. The Balaban J connectivity index is 1.62. The number of carbonyl (C=O) groups is 1. The van der Waals surface area contributed by atoms with Gasteiger partial charge in [0.1, 0.15) is 11.5 Å². The van der Waals surface area contributed by atoms with Gasteiger partial charge in [0.25, 0.3) is 5.91 Å². The number of aromatic nitrogens is 3. The second-order valence-corrected chi connectivity index (χ2v) is 8.75. The van der Waals surface area contributed by atoms with Crippen molar-refractivity contribution in [1.82, 2.24) is 24.4 Å². The van der Waals surface area contributed by atoms with Gasteiger partial charge in [0.2, 0.25) is 5.62 Å². The van der Waals surface area contributed by atoms with E-state index in [0.29, 0.717) is 22.2 Å². The quantitative estimate of drug-likeness (QED) is 0.262. The van der Waals surface area contributed by atoms with Gasteiger partial charge in [-0.05, 0) is 61.0 Å². The Labute approximate surface area is 226 Å². The number of ether oxygens (including phenoxy) is 1. The lowest BCUT2D eigenvalue weighted by molar-refractivity contribution is -0.117. The molecule has 0 radical (unpaired) electrons. The molecular formula is C25H25ClN8O5. The van der Waals surface area contributed by atoms with Gasteiger partial charge < -0.3 is 15.9 Å². The Bertz CT molecular complexity index is 1620.